The molecule has 5 aromatic rings. The molecule has 2 heterocycles. The van der Waals surface area contributed by atoms with E-state index in [1.165, 1.54) is 24.3 Å². The number of para-hydroxylation sites is 2. The molecule has 8 atom stereocenters. The maximum atomic E-state index is 14.2. The van der Waals surface area contributed by atoms with E-state index in [2.05, 4.69) is 47.2 Å². The highest BCUT2D eigenvalue weighted by Crippen LogP contribution is 2.21. The van der Waals surface area contributed by atoms with Crippen LogP contribution in [-0.4, -0.2) is 145 Å². The molecular weight excluding hydrogens is 1010 g/mol. The van der Waals surface area contributed by atoms with E-state index in [1.807, 2.05) is 24.3 Å². The SMILES string of the molecule is CC[C@H](C)[C@H](NC(=O)[C@H](Cc1c[nH]c2ccccc12)NC(=O)CNC(=O)[C@H](Cc1ccc(O)cc1)NC(=O)[C@H](CC(=O)O)NC(=O)[C@H](CCCCN)NC(=O)[C@@H](N)Cc1c[nH]c2ccccc12)C(=O)N[C@@H](CC(=O)O)C(=O)O. The first-order valence-corrected chi connectivity index (χ1v) is 25.3. The molecule has 0 saturated heterocycles. The number of carboxylic acids is 3. The summed E-state index contributed by atoms with van der Waals surface area (Å²) in [6.07, 6.45) is 2.17. The topological polar surface area (TPSA) is 419 Å². The Morgan fingerprint density at radius 1 is 0.564 bits per heavy atom. The highest BCUT2D eigenvalue weighted by molar-refractivity contribution is 5.98. The fourth-order valence-electron chi connectivity index (χ4n) is 8.53. The van der Waals surface area contributed by atoms with Gasteiger partial charge in [-0.2, -0.15) is 0 Å². The standard InChI is InChI=1S/C53H67N11O14/c1-3-28(2)46(52(76)63-42(53(77)78)24-45(69)70)64-51(75)40(22-31-26-57-37-13-7-5-11-34(31)37)59-43(66)27-58-48(72)39(20-29-15-17-32(65)18-16-29)61-50(74)41(23-44(67)68)62-49(73)38(14-8-9-19-54)60-47(71)35(55)21-30-25-56-36-12-6-4-10-33(30)36/h4-7,10-13,15-18,25-26,28,35,38-42,46,56-57,65H,3,8-9,14,19-24,27,54-55H2,1-2H3,(H,58,72)(H,59,66)(H,60,71)(H,61,74)(H,62,73)(H,63,76)(H,64,75)(H,67,68)(H,69,70)(H,77,78)/t28-,35-,38-,39-,40-,41-,42-,46-/m0/s1. The third-order valence-electron chi connectivity index (χ3n) is 13.0. The number of carbonyl (C=O) groups excluding carboxylic acids is 7. The second kappa shape index (κ2) is 28.9. The molecule has 0 spiro atoms. The van der Waals surface area contributed by atoms with E-state index in [1.54, 1.807) is 50.5 Å². The molecule has 0 aliphatic carbocycles. The number of benzene rings is 3. The van der Waals surface area contributed by atoms with Crippen molar-refractivity contribution in [1.29, 1.82) is 0 Å². The number of phenolic OH excluding ortho intramolecular Hbond substituents is 1. The van der Waals surface area contributed by atoms with Crippen LogP contribution in [0.15, 0.2) is 85.2 Å². The van der Waals surface area contributed by atoms with Gasteiger partial charge in [0.15, 0.2) is 0 Å². The summed E-state index contributed by atoms with van der Waals surface area (Å²) in [5, 5.41) is 57.4. The highest BCUT2D eigenvalue weighted by atomic mass is 16.4. The lowest BCUT2D eigenvalue weighted by Gasteiger charge is -2.27. The van der Waals surface area contributed by atoms with Crippen LogP contribution in [0, 0.1) is 5.92 Å². The largest absolute Gasteiger partial charge is 0.508 e. The molecule has 78 heavy (non-hydrogen) atoms. The second-order valence-electron chi connectivity index (χ2n) is 18.9. The fourth-order valence-corrected chi connectivity index (χ4v) is 8.53. The van der Waals surface area contributed by atoms with Gasteiger partial charge in [-0.25, -0.2) is 4.79 Å². The van der Waals surface area contributed by atoms with Gasteiger partial charge in [-0.3, -0.25) is 43.2 Å². The maximum absolute atomic E-state index is 14.2. The summed E-state index contributed by atoms with van der Waals surface area (Å²) in [4.78, 5) is 139. The van der Waals surface area contributed by atoms with Crippen LogP contribution in [0.3, 0.4) is 0 Å². The molecule has 0 unspecified atom stereocenters. The number of aliphatic carboxylic acids is 3. The van der Waals surface area contributed by atoms with Crippen molar-refractivity contribution in [2.75, 3.05) is 13.1 Å². The number of aromatic hydroxyl groups is 1. The summed E-state index contributed by atoms with van der Waals surface area (Å²) in [5.41, 5.74) is 15.2. The van der Waals surface area contributed by atoms with Crippen molar-refractivity contribution in [3.63, 3.8) is 0 Å². The van der Waals surface area contributed by atoms with E-state index in [9.17, 15) is 68.4 Å². The first-order chi connectivity index (χ1) is 37.2. The van der Waals surface area contributed by atoms with Crippen LogP contribution in [0.5, 0.6) is 5.75 Å². The molecule has 25 nitrogen and oxygen atoms in total. The zero-order valence-electron chi connectivity index (χ0n) is 43.0. The third kappa shape index (κ3) is 17.6. The van der Waals surface area contributed by atoms with E-state index in [0.29, 0.717) is 41.3 Å². The molecule has 17 N–H and O–H groups in total. The summed E-state index contributed by atoms with van der Waals surface area (Å²) in [7, 11) is 0. The van der Waals surface area contributed by atoms with Crippen molar-refractivity contribution in [2.45, 2.75) is 114 Å². The van der Waals surface area contributed by atoms with E-state index in [0.717, 1.165) is 16.5 Å². The molecule has 0 aliphatic heterocycles. The van der Waals surface area contributed by atoms with Gasteiger partial charge in [-0.05, 0) is 79.1 Å². The molecule has 0 aliphatic rings. The zero-order valence-corrected chi connectivity index (χ0v) is 43.0. The molecule has 0 bridgehead atoms. The van der Waals surface area contributed by atoms with Crippen LogP contribution in [0.2, 0.25) is 0 Å². The van der Waals surface area contributed by atoms with E-state index >= 15 is 0 Å². The Balaban J connectivity index is 1.33. The van der Waals surface area contributed by atoms with Crippen molar-refractivity contribution in [2.24, 2.45) is 17.4 Å². The molecule has 25 heteroatoms. The Kier molecular flexibility index (Phi) is 22.2. The predicted molar refractivity (Wildman–Crippen MR) is 283 cm³/mol. The number of carboxylic acid groups (broad SMARTS) is 3. The summed E-state index contributed by atoms with van der Waals surface area (Å²) in [6, 6.07) is 9.48. The smallest absolute Gasteiger partial charge is 0.326 e. The highest BCUT2D eigenvalue weighted by Gasteiger charge is 2.35. The average molecular weight is 1080 g/mol. The average Bonchev–Trinajstić information content (AvgIpc) is 4.03. The summed E-state index contributed by atoms with van der Waals surface area (Å²) in [5.74, 6) is -12.0. The monoisotopic (exact) mass is 1080 g/mol. The molecule has 5 rings (SSSR count). The number of hydrogen-bond acceptors (Lipinski definition) is 13. The molecule has 0 fully saturated rings. The lowest BCUT2D eigenvalue weighted by Crippen LogP contribution is -2.59. The minimum atomic E-state index is -1.83. The number of aromatic nitrogens is 2. The number of unbranched alkanes of at least 4 members (excludes halogenated alkanes) is 1. The van der Waals surface area contributed by atoms with Gasteiger partial charge in [0.2, 0.25) is 41.4 Å². The number of fused-ring (bicyclic) bond motifs is 2. The number of hydrogen-bond donors (Lipinski definition) is 15. The molecule has 0 radical (unpaired) electrons. The lowest BCUT2D eigenvalue weighted by molar-refractivity contribution is -0.147. The Hall–Kier alpha value is -8.84. The maximum Gasteiger partial charge on any atom is 0.326 e. The molecule has 418 valence electrons. The minimum absolute atomic E-state index is 0.0316. The third-order valence-corrected chi connectivity index (χ3v) is 13.0. The van der Waals surface area contributed by atoms with Crippen LogP contribution in [0.1, 0.15) is 69.1 Å². The van der Waals surface area contributed by atoms with E-state index in [-0.39, 0.29) is 38.0 Å². The van der Waals surface area contributed by atoms with Crippen molar-refractivity contribution in [3.05, 3.63) is 102 Å². The van der Waals surface area contributed by atoms with Gasteiger partial charge in [-0.15, -0.1) is 0 Å². The Morgan fingerprint density at radius 3 is 1.65 bits per heavy atom. The number of nitrogens with one attached hydrogen (secondary N) is 9. The minimum Gasteiger partial charge on any atom is -0.508 e. The number of rotatable bonds is 31. The van der Waals surface area contributed by atoms with Gasteiger partial charge >= 0.3 is 17.9 Å². The van der Waals surface area contributed by atoms with Gasteiger partial charge in [0.1, 0.15) is 42.0 Å². The summed E-state index contributed by atoms with van der Waals surface area (Å²) < 4.78 is 0. The Labute approximate surface area is 447 Å². The molecule has 0 saturated carbocycles. The lowest BCUT2D eigenvalue weighted by atomic mass is 9.96. The van der Waals surface area contributed by atoms with Crippen molar-refractivity contribution in [1.82, 2.24) is 47.2 Å². The normalized spacial score (nSPS) is 14.3. The van der Waals surface area contributed by atoms with Crippen LogP contribution >= 0.6 is 0 Å². The molecule has 2 aromatic heterocycles. The van der Waals surface area contributed by atoms with Crippen molar-refractivity contribution < 1.29 is 68.4 Å². The van der Waals surface area contributed by atoms with E-state index < -0.39 is 127 Å². The number of aromatic amines is 2. The van der Waals surface area contributed by atoms with Gasteiger partial charge in [0.05, 0.1) is 25.4 Å². The summed E-state index contributed by atoms with van der Waals surface area (Å²) in [6.45, 7) is 2.74. The first kappa shape index (κ1) is 60.0. The second-order valence-corrected chi connectivity index (χ2v) is 18.9. The fraction of sp³-hybridized carbons (Fsp3) is 0.396. The molecular formula is C53H67N11O14. The van der Waals surface area contributed by atoms with Gasteiger partial charge in [-0.1, -0.05) is 68.8 Å². The number of carbonyl (C=O) groups is 10. The van der Waals surface area contributed by atoms with Crippen LogP contribution in [-0.2, 0) is 67.2 Å². The van der Waals surface area contributed by atoms with Gasteiger partial charge in [0.25, 0.3) is 0 Å². The molecule has 7 amide bonds. The quantitative estimate of drug-likeness (QED) is 0.0259. The number of amides is 7. The van der Waals surface area contributed by atoms with Crippen LogP contribution in [0.25, 0.3) is 21.8 Å². The van der Waals surface area contributed by atoms with Crippen LogP contribution < -0.4 is 48.7 Å². The Bertz CT molecular complexity index is 2940. The molecule has 3 aromatic carbocycles. The summed E-state index contributed by atoms with van der Waals surface area (Å²) >= 11 is 0. The van der Waals surface area contributed by atoms with E-state index in [4.69, 9.17) is 11.5 Å². The van der Waals surface area contributed by atoms with Gasteiger partial charge < -0.3 is 79.1 Å². The van der Waals surface area contributed by atoms with Crippen LogP contribution in [0.4, 0.5) is 0 Å². The zero-order chi connectivity index (χ0) is 57.1. The number of H-pyrrole nitrogens is 2. The number of phenols is 1. The first-order valence-electron chi connectivity index (χ1n) is 25.3. The van der Waals surface area contributed by atoms with Crippen molar-refractivity contribution >= 4 is 81.1 Å². The predicted octanol–water partition coefficient (Wildman–Crippen LogP) is -0.0559. The van der Waals surface area contributed by atoms with Gasteiger partial charge in [0, 0.05) is 47.0 Å². The van der Waals surface area contributed by atoms with Crippen molar-refractivity contribution in [3.8, 4) is 5.75 Å². The number of nitrogens with two attached hydrogens (primary N) is 2. The Morgan fingerprint density at radius 2 is 1.08 bits per heavy atom.